The lowest BCUT2D eigenvalue weighted by atomic mass is 9.48. The minimum absolute atomic E-state index is 0.247. The average Bonchev–Trinajstić information content (AvgIpc) is 0.689. The van der Waals surface area contributed by atoms with Crippen molar-refractivity contribution in [2.45, 2.75) is 203 Å². The number of benzene rings is 8. The predicted octanol–water partition coefficient (Wildman–Crippen LogP) is 27.1. The molecule has 16 saturated carbocycles. The van der Waals surface area contributed by atoms with Crippen molar-refractivity contribution in [1.29, 1.82) is 0 Å². The van der Waals surface area contributed by atoms with Crippen LogP contribution in [0, 0.1) is 98.7 Å². The van der Waals surface area contributed by atoms with Crippen molar-refractivity contribution in [2.75, 3.05) is 19.6 Å². The number of anilines is 12. The van der Waals surface area contributed by atoms with E-state index in [9.17, 15) is 0 Å². The van der Waals surface area contributed by atoms with Crippen molar-refractivity contribution in [1.82, 2.24) is 19.9 Å². The van der Waals surface area contributed by atoms with Crippen LogP contribution in [0.25, 0.3) is 32.3 Å². The standard InChI is InChI=1S/C104H106N8/c1-63-9-5-33-105-97(63)109(83-21-13-79(14-22-83)101-51-67-37-68(52-101)39-69(38-67)53-101)91-49-92(110(98-64(2)10-6-34-106-98)84-23-15-80(16-24-84)102-54-70-40-71(55-102)42-72(41-70)56-102)88-31-32-90-94(112(100-66(4)12-8-36-108-100)86-27-19-82(20-28-86)104-60-76-46-77(61-104)48-78(47-76)62-104)50-93(89-30-29-87(91)95(88)96(89)90)111(99-65(3)11-7-35-107-99)85-25-17-81(18-26-85)103-57-73-43-74(58-103)45-75(44-73)59-103/h5-36,49-50,67-78H,37-48,51-62H2,1-4H3. The lowest BCUT2D eigenvalue weighted by molar-refractivity contribution is -0.00530. The number of aromatic nitrogens is 4. The van der Waals surface area contributed by atoms with E-state index >= 15 is 0 Å². The van der Waals surface area contributed by atoms with Crippen LogP contribution in [0.5, 0.6) is 0 Å². The molecule has 0 aliphatic heterocycles. The van der Waals surface area contributed by atoms with Crippen LogP contribution in [0.4, 0.5) is 68.8 Å². The van der Waals surface area contributed by atoms with E-state index < -0.39 is 0 Å². The molecule has 16 fully saturated rings. The predicted molar refractivity (Wildman–Crippen MR) is 458 cm³/mol. The zero-order valence-corrected chi connectivity index (χ0v) is 66.1. The summed E-state index contributed by atoms with van der Waals surface area (Å²) in [5, 5.41) is 7.03. The molecule has 0 amide bonds. The molecule has 16 bridgehead atoms. The summed E-state index contributed by atoms with van der Waals surface area (Å²) in [4.78, 5) is 32.3. The molecule has 0 atom stereocenters. The zero-order chi connectivity index (χ0) is 74.1. The van der Waals surface area contributed by atoms with Gasteiger partial charge in [-0.3, -0.25) is 19.6 Å². The average molecular weight is 1470 g/mol. The third kappa shape index (κ3) is 10.5. The maximum atomic E-state index is 5.52. The third-order valence-corrected chi connectivity index (χ3v) is 32.7. The van der Waals surface area contributed by atoms with E-state index in [0.29, 0.717) is 0 Å². The van der Waals surface area contributed by atoms with Crippen LogP contribution in [0.15, 0.2) is 207 Å². The molecule has 0 spiro atoms. The van der Waals surface area contributed by atoms with Gasteiger partial charge in [0.15, 0.2) is 0 Å². The molecule has 16 aliphatic rings. The van der Waals surface area contributed by atoms with E-state index in [1.807, 2.05) is 24.8 Å². The molecule has 0 radical (unpaired) electrons. The summed E-state index contributed by atoms with van der Waals surface area (Å²) in [6.07, 6.45) is 41.1. The molecular weight excluding hydrogens is 1360 g/mol. The van der Waals surface area contributed by atoms with Gasteiger partial charge in [0.05, 0.1) is 22.7 Å². The molecule has 0 N–H and O–H groups in total. The number of nitrogens with zero attached hydrogens (tertiary/aromatic N) is 8. The van der Waals surface area contributed by atoms with Gasteiger partial charge in [-0.1, -0.05) is 97.1 Å². The van der Waals surface area contributed by atoms with Crippen molar-refractivity contribution in [3.8, 4) is 0 Å². The van der Waals surface area contributed by atoms with E-state index in [1.54, 1.807) is 0 Å². The second-order valence-electron chi connectivity index (χ2n) is 39.8. The van der Waals surface area contributed by atoms with Gasteiger partial charge in [-0.05, 0) is 404 Å². The zero-order valence-electron chi connectivity index (χ0n) is 66.1. The quantitative estimate of drug-likeness (QED) is 0.0887. The number of hydrogen-bond donors (Lipinski definition) is 0. The van der Waals surface area contributed by atoms with Gasteiger partial charge in [0.25, 0.3) is 0 Å². The van der Waals surface area contributed by atoms with E-state index in [2.05, 4.69) is 229 Å². The number of pyridine rings is 4. The molecule has 4 heterocycles. The van der Waals surface area contributed by atoms with E-state index in [0.717, 1.165) is 184 Å². The molecule has 8 aromatic carbocycles. The van der Waals surface area contributed by atoms with Gasteiger partial charge in [-0.25, -0.2) is 19.9 Å². The molecule has 8 nitrogen and oxygen atoms in total. The van der Waals surface area contributed by atoms with Gasteiger partial charge in [0, 0.05) is 79.9 Å². The smallest absolute Gasteiger partial charge is 0.140 e. The molecule has 16 aliphatic carbocycles. The van der Waals surface area contributed by atoms with Crippen molar-refractivity contribution in [3.63, 3.8) is 0 Å². The van der Waals surface area contributed by atoms with Crippen LogP contribution in [-0.4, -0.2) is 19.9 Å². The first-order chi connectivity index (χ1) is 54.8. The Hall–Kier alpha value is -9.40. The Kier molecular flexibility index (Phi) is 15.0. The molecule has 112 heavy (non-hydrogen) atoms. The largest absolute Gasteiger partial charge is 0.294 e. The first-order valence-corrected chi connectivity index (χ1v) is 43.9. The molecule has 4 aromatic heterocycles. The maximum Gasteiger partial charge on any atom is 0.140 e. The highest BCUT2D eigenvalue weighted by molar-refractivity contribution is 6.33. The first-order valence-electron chi connectivity index (χ1n) is 43.9. The minimum atomic E-state index is 0.247. The fourth-order valence-electron chi connectivity index (χ4n) is 29.7. The monoisotopic (exact) mass is 1470 g/mol. The Bertz CT molecular complexity index is 4880. The summed E-state index contributed by atoms with van der Waals surface area (Å²) in [5.41, 5.74) is 20.3. The third-order valence-electron chi connectivity index (χ3n) is 32.7. The summed E-state index contributed by atoms with van der Waals surface area (Å²) >= 11 is 0. The van der Waals surface area contributed by atoms with E-state index in [-0.39, 0.29) is 21.7 Å². The Balaban J connectivity index is 0.782. The van der Waals surface area contributed by atoms with E-state index in [4.69, 9.17) is 19.9 Å². The Morgan fingerprint density at radius 1 is 0.232 bits per heavy atom. The van der Waals surface area contributed by atoms with Crippen molar-refractivity contribution < 1.29 is 0 Å². The molecule has 0 unspecified atom stereocenters. The lowest BCUT2D eigenvalue weighted by Gasteiger charge is -2.57. The van der Waals surface area contributed by atoms with Crippen LogP contribution in [0.3, 0.4) is 0 Å². The van der Waals surface area contributed by atoms with Crippen LogP contribution in [-0.2, 0) is 21.7 Å². The van der Waals surface area contributed by atoms with Gasteiger partial charge in [-0.2, -0.15) is 0 Å². The molecule has 12 aromatic rings. The summed E-state index contributed by atoms with van der Waals surface area (Å²) < 4.78 is 0. The van der Waals surface area contributed by atoms with E-state index in [1.165, 1.54) is 187 Å². The summed E-state index contributed by atoms with van der Waals surface area (Å²) in [7, 11) is 0. The van der Waals surface area contributed by atoms with Crippen molar-refractivity contribution in [3.05, 3.63) is 251 Å². The summed E-state index contributed by atoms with van der Waals surface area (Å²) in [6.45, 7) is 9.04. The lowest BCUT2D eigenvalue weighted by Crippen LogP contribution is -2.48. The summed E-state index contributed by atoms with van der Waals surface area (Å²) in [6, 6.07) is 72.7. The van der Waals surface area contributed by atoms with Gasteiger partial charge in [0.1, 0.15) is 23.3 Å². The van der Waals surface area contributed by atoms with Gasteiger partial charge >= 0.3 is 0 Å². The van der Waals surface area contributed by atoms with Crippen molar-refractivity contribution in [2.24, 2.45) is 71.0 Å². The second kappa shape index (κ2) is 25.1. The number of hydrogen-bond acceptors (Lipinski definition) is 8. The topological polar surface area (TPSA) is 64.5 Å². The Morgan fingerprint density at radius 2 is 0.411 bits per heavy atom. The van der Waals surface area contributed by atoms with Gasteiger partial charge < -0.3 is 0 Å². The van der Waals surface area contributed by atoms with Crippen molar-refractivity contribution >= 4 is 101 Å². The number of rotatable bonds is 16. The summed E-state index contributed by atoms with van der Waals surface area (Å²) in [5.74, 6) is 13.9. The molecule has 562 valence electrons. The van der Waals surface area contributed by atoms with Crippen LogP contribution in [0.2, 0.25) is 0 Å². The maximum absolute atomic E-state index is 5.52. The van der Waals surface area contributed by atoms with Gasteiger partial charge in [0.2, 0.25) is 0 Å². The SMILES string of the molecule is Cc1cccnc1N(c1ccc(C23CC4CC(CC(C4)C2)C3)cc1)c1cc(N(c2ccc(C34CC5CC(CC(C5)C3)C4)cc2)c2ncccc2C)c2ccc3c(N(c4ccc(C56CC7CC(CC(C7)C5)C6)cc4)c4ncccc4C)cc(N(c4ccc(C56CC7CC(CC(C7)C5)C6)cc4)c4ncccc4C)c4ccc1c2c43. The molecule has 28 rings (SSSR count). The Morgan fingerprint density at radius 3 is 0.580 bits per heavy atom. The minimum Gasteiger partial charge on any atom is -0.294 e. The second-order valence-corrected chi connectivity index (χ2v) is 39.8. The van der Waals surface area contributed by atoms with Crippen LogP contribution < -0.4 is 19.6 Å². The fourth-order valence-corrected chi connectivity index (χ4v) is 29.7. The fraction of sp³-hybridized carbons (Fsp3) is 0.423. The van der Waals surface area contributed by atoms with Crippen LogP contribution >= 0.6 is 0 Å². The van der Waals surface area contributed by atoms with Crippen LogP contribution in [0.1, 0.15) is 199 Å². The molecule has 8 heteroatoms. The highest BCUT2D eigenvalue weighted by Gasteiger charge is 2.56. The number of aryl methyl sites for hydroxylation is 4. The normalized spacial score (nSPS) is 31.2. The Labute approximate surface area is 662 Å². The first kappa shape index (κ1) is 67.1. The highest BCUT2D eigenvalue weighted by atomic mass is 15.2. The van der Waals surface area contributed by atoms with Gasteiger partial charge in [-0.15, -0.1) is 0 Å². The molecule has 0 saturated heterocycles. The highest BCUT2D eigenvalue weighted by Crippen LogP contribution is 2.67. The molecular formula is C104H106N8.